The van der Waals surface area contributed by atoms with Crippen molar-refractivity contribution in [3.63, 3.8) is 0 Å². The summed E-state index contributed by atoms with van der Waals surface area (Å²) in [6.07, 6.45) is -7.39. The second kappa shape index (κ2) is 5.13. The fourth-order valence-electron chi connectivity index (χ4n) is 0.472. The van der Waals surface area contributed by atoms with Crippen LogP contribution in [0.25, 0.3) is 0 Å². The van der Waals surface area contributed by atoms with E-state index < -0.39 is 37.5 Å². The van der Waals surface area contributed by atoms with Crippen LogP contribution >= 0.6 is 0 Å². The van der Waals surface area contributed by atoms with Crippen molar-refractivity contribution >= 4 is 5.97 Å². The summed E-state index contributed by atoms with van der Waals surface area (Å²) >= 11 is 0. The van der Waals surface area contributed by atoms with Gasteiger partial charge in [-0.2, -0.15) is 13.2 Å². The van der Waals surface area contributed by atoms with E-state index in [1.807, 2.05) is 0 Å². The first kappa shape index (κ1) is 13.1. The van der Waals surface area contributed by atoms with Gasteiger partial charge in [-0.05, 0) is 0 Å². The van der Waals surface area contributed by atoms with Gasteiger partial charge >= 0.3 is 12.1 Å². The molecular formula is C6H10F3NO4. The fraction of sp³-hybridized carbons (Fsp3) is 0.833. The Morgan fingerprint density at radius 2 is 1.93 bits per heavy atom. The Kier molecular flexibility index (Phi) is 4.81. The minimum atomic E-state index is -4.77. The van der Waals surface area contributed by atoms with E-state index in [-0.39, 0.29) is 0 Å². The number of ether oxygens (including phenoxy) is 1. The molecule has 5 nitrogen and oxygen atoms in total. The highest BCUT2D eigenvalue weighted by atomic mass is 19.4. The lowest BCUT2D eigenvalue weighted by molar-refractivity contribution is -0.217. The first-order chi connectivity index (χ1) is 6.25. The average molecular weight is 217 g/mol. The van der Waals surface area contributed by atoms with Crippen LogP contribution in [0.5, 0.6) is 0 Å². The number of alkyl halides is 3. The maximum atomic E-state index is 11.7. The number of carbonyl (C=O) groups is 1. The van der Waals surface area contributed by atoms with Crippen LogP contribution < -0.4 is 5.73 Å². The third-order valence-electron chi connectivity index (χ3n) is 1.27. The number of aliphatic carboxylic acids is 1. The van der Waals surface area contributed by atoms with Gasteiger partial charge in [-0.1, -0.05) is 0 Å². The summed E-state index contributed by atoms with van der Waals surface area (Å²) in [4.78, 5) is 10.1. The Bertz CT molecular complexity index is 196. The zero-order valence-corrected chi connectivity index (χ0v) is 6.99. The summed E-state index contributed by atoms with van der Waals surface area (Å²) in [7, 11) is 0. The number of carboxylic acid groups (broad SMARTS) is 1. The highest BCUT2D eigenvalue weighted by Gasteiger charge is 2.38. The van der Waals surface area contributed by atoms with Crippen molar-refractivity contribution in [3.05, 3.63) is 0 Å². The molecule has 0 fully saturated rings. The minimum Gasteiger partial charge on any atom is -0.480 e. The van der Waals surface area contributed by atoms with Crippen molar-refractivity contribution < 1.29 is 32.9 Å². The van der Waals surface area contributed by atoms with Crippen molar-refractivity contribution in [2.45, 2.75) is 18.3 Å². The topological polar surface area (TPSA) is 92.8 Å². The van der Waals surface area contributed by atoms with Crippen LogP contribution in [-0.4, -0.2) is 47.7 Å². The third-order valence-corrected chi connectivity index (χ3v) is 1.27. The van der Waals surface area contributed by atoms with Gasteiger partial charge in [0.2, 0.25) is 0 Å². The zero-order valence-electron chi connectivity index (χ0n) is 6.99. The van der Waals surface area contributed by atoms with E-state index in [2.05, 4.69) is 4.74 Å². The molecule has 0 radical (unpaired) electrons. The normalized spacial score (nSPS) is 16.4. The molecule has 0 aliphatic heterocycles. The lowest BCUT2D eigenvalue weighted by atomic mass is 10.3. The Balaban J connectivity index is 3.70. The number of rotatable bonds is 5. The predicted molar refractivity (Wildman–Crippen MR) is 38.5 cm³/mol. The van der Waals surface area contributed by atoms with Gasteiger partial charge in [0.15, 0.2) is 6.10 Å². The van der Waals surface area contributed by atoms with Gasteiger partial charge in [0.1, 0.15) is 6.04 Å². The Hall–Kier alpha value is -0.860. The van der Waals surface area contributed by atoms with Crippen molar-refractivity contribution in [2.75, 3.05) is 13.2 Å². The molecule has 0 aromatic rings. The maximum absolute atomic E-state index is 11.7. The molecule has 0 saturated heterocycles. The molecule has 84 valence electrons. The van der Waals surface area contributed by atoms with E-state index >= 15 is 0 Å². The van der Waals surface area contributed by atoms with E-state index in [1.54, 1.807) is 0 Å². The lowest BCUT2D eigenvalue weighted by Crippen LogP contribution is -2.38. The minimum absolute atomic E-state index is 0.581. The van der Waals surface area contributed by atoms with Crippen LogP contribution in [0.15, 0.2) is 0 Å². The van der Waals surface area contributed by atoms with E-state index in [1.165, 1.54) is 0 Å². The molecule has 0 saturated carbocycles. The quantitative estimate of drug-likeness (QED) is 0.568. The summed E-state index contributed by atoms with van der Waals surface area (Å²) in [5.74, 6) is -1.38. The van der Waals surface area contributed by atoms with Gasteiger partial charge in [0, 0.05) is 0 Å². The molecule has 0 heterocycles. The molecule has 8 heteroatoms. The molecular weight excluding hydrogens is 207 g/mol. The molecule has 0 rings (SSSR count). The highest BCUT2D eigenvalue weighted by Crippen LogP contribution is 2.19. The first-order valence-electron chi connectivity index (χ1n) is 3.56. The van der Waals surface area contributed by atoms with Gasteiger partial charge in [-0.3, -0.25) is 4.79 Å². The number of hydrogen-bond acceptors (Lipinski definition) is 4. The molecule has 2 unspecified atom stereocenters. The van der Waals surface area contributed by atoms with E-state index in [9.17, 15) is 18.0 Å². The standard InChI is InChI=1S/C6H10F3NO4/c7-6(8,9)4(11)2-14-1-3(10)5(12)13/h3-4,11H,1-2,10H2,(H,12,13). The molecule has 2 atom stereocenters. The van der Waals surface area contributed by atoms with E-state index in [0.717, 1.165) is 0 Å². The van der Waals surface area contributed by atoms with Crippen molar-refractivity contribution in [3.8, 4) is 0 Å². The zero-order chi connectivity index (χ0) is 11.4. The van der Waals surface area contributed by atoms with Crippen LogP contribution in [0.2, 0.25) is 0 Å². The first-order valence-corrected chi connectivity index (χ1v) is 3.56. The second-order valence-corrected chi connectivity index (χ2v) is 2.54. The molecule has 14 heavy (non-hydrogen) atoms. The summed E-state index contributed by atoms with van der Waals surface area (Å²) in [5, 5.41) is 16.6. The van der Waals surface area contributed by atoms with Gasteiger partial charge in [-0.15, -0.1) is 0 Å². The second-order valence-electron chi connectivity index (χ2n) is 2.54. The van der Waals surface area contributed by atoms with Crippen LogP contribution in [0.4, 0.5) is 13.2 Å². The van der Waals surface area contributed by atoms with Gasteiger partial charge in [-0.25, -0.2) is 0 Å². The smallest absolute Gasteiger partial charge is 0.416 e. The van der Waals surface area contributed by atoms with Crippen molar-refractivity contribution in [2.24, 2.45) is 5.73 Å². The lowest BCUT2D eigenvalue weighted by Gasteiger charge is -2.15. The van der Waals surface area contributed by atoms with E-state index in [0.29, 0.717) is 0 Å². The largest absolute Gasteiger partial charge is 0.480 e. The molecule has 0 bridgehead atoms. The predicted octanol–water partition coefficient (Wildman–Crippen LogP) is -0.662. The molecule has 0 aliphatic rings. The number of nitrogens with two attached hydrogens (primary N) is 1. The van der Waals surface area contributed by atoms with E-state index in [4.69, 9.17) is 15.9 Å². The molecule has 0 spiro atoms. The average Bonchev–Trinajstić information content (AvgIpc) is 2.01. The Morgan fingerprint density at radius 3 is 2.29 bits per heavy atom. The summed E-state index contributed by atoms with van der Waals surface area (Å²) < 4.78 is 39.2. The van der Waals surface area contributed by atoms with Gasteiger partial charge in [0.05, 0.1) is 13.2 Å². The van der Waals surface area contributed by atoms with Crippen LogP contribution in [0, 0.1) is 0 Å². The molecule has 0 aliphatic carbocycles. The third kappa shape index (κ3) is 5.00. The number of hydrogen-bond donors (Lipinski definition) is 3. The number of carboxylic acids is 1. The van der Waals surface area contributed by atoms with Crippen LogP contribution in [0.1, 0.15) is 0 Å². The molecule has 0 aromatic carbocycles. The number of aliphatic hydroxyl groups is 1. The Morgan fingerprint density at radius 1 is 1.43 bits per heavy atom. The van der Waals surface area contributed by atoms with Gasteiger partial charge in [0.25, 0.3) is 0 Å². The fourth-order valence-corrected chi connectivity index (χ4v) is 0.472. The van der Waals surface area contributed by atoms with Crippen LogP contribution in [0.3, 0.4) is 0 Å². The van der Waals surface area contributed by atoms with Crippen LogP contribution in [-0.2, 0) is 9.53 Å². The monoisotopic (exact) mass is 217 g/mol. The summed E-state index contributed by atoms with van der Waals surface area (Å²) in [6, 6.07) is -1.39. The molecule has 0 amide bonds. The number of halogens is 3. The number of aliphatic hydroxyl groups excluding tert-OH is 1. The maximum Gasteiger partial charge on any atom is 0.416 e. The SMILES string of the molecule is NC(COCC(O)C(F)(F)F)C(=O)O. The summed E-state index contributed by atoms with van der Waals surface area (Å²) in [6.45, 7) is -1.60. The molecule has 4 N–H and O–H groups in total. The highest BCUT2D eigenvalue weighted by molar-refractivity contribution is 5.73. The summed E-state index contributed by atoms with van der Waals surface area (Å²) in [5.41, 5.74) is 4.92. The molecule has 0 aromatic heterocycles. The van der Waals surface area contributed by atoms with Crippen molar-refractivity contribution in [1.82, 2.24) is 0 Å². The van der Waals surface area contributed by atoms with Crippen molar-refractivity contribution in [1.29, 1.82) is 0 Å². The Labute approximate surface area is 77.3 Å². The van der Waals surface area contributed by atoms with Gasteiger partial charge < -0.3 is 20.7 Å².